The minimum Gasteiger partial charge on any atom is -0.384 e. The van der Waals surface area contributed by atoms with Crippen molar-refractivity contribution in [2.75, 3.05) is 23.7 Å². The molecular weight excluding hydrogens is 459 g/mol. The molecule has 2 aliphatic rings. The number of piperidine rings is 1. The molecule has 2 aliphatic heterocycles. The Morgan fingerprint density at radius 2 is 1.83 bits per heavy atom. The maximum Gasteiger partial charge on any atom is 0.319 e. The topological polar surface area (TPSA) is 150 Å². The standard InChI is InChI=1S/C23H23FN6O5/c24-19-15(7-4-12-26-19)28-23(35)27-11-2-1-10-25-14-6-3-5-13-18(14)22(34)30(21(13)33)16-8-9-17(31)29-20(16)32/h3-7,12,16,25H,1-2,8-11H2,(H2,27,28,35)(H,29,31,32). The number of urea groups is 1. The van der Waals surface area contributed by atoms with Gasteiger partial charge in [0.25, 0.3) is 11.8 Å². The number of unbranched alkanes of at least 4 members (excludes halogenated alkanes) is 1. The molecule has 6 amide bonds. The van der Waals surface area contributed by atoms with E-state index >= 15 is 0 Å². The summed E-state index contributed by atoms with van der Waals surface area (Å²) < 4.78 is 13.5. The minimum atomic E-state index is -1.02. The number of amides is 6. The number of aromatic nitrogens is 1. The van der Waals surface area contributed by atoms with Crippen LogP contribution in [0.3, 0.4) is 0 Å². The molecule has 0 saturated carbocycles. The van der Waals surface area contributed by atoms with Gasteiger partial charge in [0.2, 0.25) is 17.8 Å². The van der Waals surface area contributed by atoms with Crippen molar-refractivity contribution in [1.29, 1.82) is 0 Å². The third kappa shape index (κ3) is 5.10. The highest BCUT2D eigenvalue weighted by atomic mass is 19.1. The van der Waals surface area contributed by atoms with Gasteiger partial charge in [-0.1, -0.05) is 6.07 Å². The summed E-state index contributed by atoms with van der Waals surface area (Å²) in [7, 11) is 0. The first kappa shape index (κ1) is 23.8. The third-order valence-corrected chi connectivity index (χ3v) is 5.68. The van der Waals surface area contributed by atoms with E-state index in [9.17, 15) is 28.4 Å². The number of nitrogens with one attached hydrogen (secondary N) is 4. The summed E-state index contributed by atoms with van der Waals surface area (Å²) in [5.41, 5.74) is 0.840. The minimum absolute atomic E-state index is 0.0184. The second-order valence-corrected chi connectivity index (χ2v) is 8.03. The lowest BCUT2D eigenvalue weighted by atomic mass is 10.0. The monoisotopic (exact) mass is 482 g/mol. The fourth-order valence-corrected chi connectivity index (χ4v) is 3.98. The van der Waals surface area contributed by atoms with E-state index in [1.54, 1.807) is 12.1 Å². The fraction of sp³-hybridized carbons (Fsp3) is 0.304. The molecule has 1 aromatic carbocycles. The molecule has 182 valence electrons. The average Bonchev–Trinajstić information content (AvgIpc) is 3.08. The summed E-state index contributed by atoms with van der Waals surface area (Å²) in [5, 5.41) is 10.3. The summed E-state index contributed by atoms with van der Waals surface area (Å²) in [4.78, 5) is 65.8. The van der Waals surface area contributed by atoms with Crippen molar-refractivity contribution in [3.05, 3.63) is 53.6 Å². The largest absolute Gasteiger partial charge is 0.384 e. The Morgan fingerprint density at radius 3 is 2.60 bits per heavy atom. The smallest absolute Gasteiger partial charge is 0.319 e. The average molecular weight is 482 g/mol. The van der Waals surface area contributed by atoms with Gasteiger partial charge in [0.05, 0.1) is 16.8 Å². The van der Waals surface area contributed by atoms with E-state index in [0.29, 0.717) is 31.6 Å². The van der Waals surface area contributed by atoms with Crippen molar-refractivity contribution < 1.29 is 28.4 Å². The lowest BCUT2D eigenvalue weighted by Gasteiger charge is -2.27. The van der Waals surface area contributed by atoms with Crippen LogP contribution in [0.25, 0.3) is 0 Å². The molecule has 0 bridgehead atoms. The van der Waals surface area contributed by atoms with E-state index in [0.717, 1.165) is 4.90 Å². The summed E-state index contributed by atoms with van der Waals surface area (Å²) in [6, 6.07) is 6.18. The van der Waals surface area contributed by atoms with Gasteiger partial charge in [0.1, 0.15) is 6.04 Å². The van der Waals surface area contributed by atoms with Gasteiger partial charge in [0, 0.05) is 31.4 Å². The van der Waals surface area contributed by atoms with Crippen LogP contribution in [-0.2, 0) is 9.59 Å². The SMILES string of the molecule is O=C1CCC(N2C(=O)c3cccc(NCCCCNC(=O)Nc4cccnc4F)c3C2=O)C(=O)N1. The highest BCUT2D eigenvalue weighted by Gasteiger charge is 2.45. The molecular formula is C23H23FN6O5. The van der Waals surface area contributed by atoms with Crippen LogP contribution >= 0.6 is 0 Å². The fourth-order valence-electron chi connectivity index (χ4n) is 3.98. The van der Waals surface area contributed by atoms with Crippen LogP contribution in [-0.4, -0.2) is 58.7 Å². The van der Waals surface area contributed by atoms with Crippen molar-refractivity contribution in [3.8, 4) is 0 Å². The normalized spacial score (nSPS) is 17.2. The van der Waals surface area contributed by atoms with Crippen LogP contribution in [0.2, 0.25) is 0 Å². The third-order valence-electron chi connectivity index (χ3n) is 5.68. The van der Waals surface area contributed by atoms with Crippen molar-refractivity contribution in [1.82, 2.24) is 20.5 Å². The predicted octanol–water partition coefficient (Wildman–Crippen LogP) is 1.64. The Morgan fingerprint density at radius 1 is 1.06 bits per heavy atom. The highest BCUT2D eigenvalue weighted by Crippen LogP contribution is 2.32. The summed E-state index contributed by atoms with van der Waals surface area (Å²) in [6.45, 7) is 0.792. The number of carbonyl (C=O) groups is 5. The van der Waals surface area contributed by atoms with Crippen LogP contribution in [0, 0.1) is 5.95 Å². The van der Waals surface area contributed by atoms with Crippen molar-refractivity contribution in [3.63, 3.8) is 0 Å². The molecule has 11 nitrogen and oxygen atoms in total. The van der Waals surface area contributed by atoms with Crippen molar-refractivity contribution >= 4 is 41.0 Å². The molecule has 35 heavy (non-hydrogen) atoms. The Hall–Kier alpha value is -4.35. The zero-order chi connectivity index (χ0) is 24.9. The number of fused-ring (bicyclic) bond motifs is 1. The molecule has 0 aliphatic carbocycles. The number of pyridine rings is 1. The molecule has 12 heteroatoms. The van der Waals surface area contributed by atoms with E-state index in [-0.39, 0.29) is 29.7 Å². The molecule has 0 radical (unpaired) electrons. The molecule has 1 unspecified atom stereocenters. The van der Waals surface area contributed by atoms with Gasteiger partial charge in [-0.05, 0) is 43.5 Å². The second kappa shape index (κ2) is 10.3. The van der Waals surface area contributed by atoms with E-state index in [1.165, 1.54) is 24.4 Å². The maximum absolute atomic E-state index is 13.5. The van der Waals surface area contributed by atoms with Gasteiger partial charge in [0.15, 0.2) is 0 Å². The van der Waals surface area contributed by atoms with Crippen molar-refractivity contribution in [2.45, 2.75) is 31.7 Å². The Labute approximate surface area is 199 Å². The van der Waals surface area contributed by atoms with Gasteiger partial charge >= 0.3 is 6.03 Å². The van der Waals surface area contributed by atoms with Crippen LogP contribution in [0.4, 0.5) is 20.6 Å². The number of halogens is 1. The number of imide groups is 2. The molecule has 1 fully saturated rings. The first-order chi connectivity index (χ1) is 16.9. The molecule has 4 N–H and O–H groups in total. The number of benzene rings is 1. The molecule has 4 rings (SSSR count). The lowest BCUT2D eigenvalue weighted by Crippen LogP contribution is -2.54. The van der Waals surface area contributed by atoms with E-state index in [2.05, 4.69) is 26.3 Å². The summed E-state index contributed by atoms with van der Waals surface area (Å²) in [6.07, 6.45) is 2.65. The Bertz CT molecular complexity index is 1200. The lowest BCUT2D eigenvalue weighted by molar-refractivity contribution is -0.136. The van der Waals surface area contributed by atoms with Gasteiger partial charge in [-0.2, -0.15) is 4.39 Å². The molecule has 1 atom stereocenters. The van der Waals surface area contributed by atoms with E-state index < -0.39 is 41.6 Å². The summed E-state index contributed by atoms with van der Waals surface area (Å²) >= 11 is 0. The van der Waals surface area contributed by atoms with Crippen LogP contribution < -0.4 is 21.3 Å². The van der Waals surface area contributed by atoms with Crippen LogP contribution in [0.5, 0.6) is 0 Å². The number of carbonyl (C=O) groups excluding carboxylic acids is 5. The number of hydrogen-bond acceptors (Lipinski definition) is 7. The Kier molecular flexibility index (Phi) is 6.99. The Balaban J connectivity index is 1.28. The second-order valence-electron chi connectivity index (χ2n) is 8.03. The first-order valence-electron chi connectivity index (χ1n) is 11.1. The van der Waals surface area contributed by atoms with Crippen molar-refractivity contribution in [2.24, 2.45) is 0 Å². The molecule has 1 saturated heterocycles. The maximum atomic E-state index is 13.5. The molecule has 2 aromatic rings. The quantitative estimate of drug-likeness (QED) is 0.254. The van der Waals surface area contributed by atoms with Crippen LogP contribution in [0.1, 0.15) is 46.4 Å². The van der Waals surface area contributed by atoms with E-state index in [4.69, 9.17) is 0 Å². The number of nitrogens with zero attached hydrogens (tertiary/aromatic N) is 2. The van der Waals surface area contributed by atoms with Gasteiger partial charge in [-0.25, -0.2) is 9.78 Å². The zero-order valence-corrected chi connectivity index (χ0v) is 18.6. The molecule has 3 heterocycles. The van der Waals surface area contributed by atoms with E-state index in [1.807, 2.05) is 0 Å². The highest BCUT2D eigenvalue weighted by molar-refractivity contribution is 6.25. The number of anilines is 2. The van der Waals surface area contributed by atoms with Gasteiger partial charge in [-0.15, -0.1) is 0 Å². The van der Waals surface area contributed by atoms with Crippen LogP contribution in [0.15, 0.2) is 36.5 Å². The zero-order valence-electron chi connectivity index (χ0n) is 18.6. The molecule has 1 aromatic heterocycles. The molecule has 0 spiro atoms. The first-order valence-corrected chi connectivity index (χ1v) is 11.1. The van der Waals surface area contributed by atoms with Gasteiger partial charge < -0.3 is 16.0 Å². The number of rotatable bonds is 8. The number of hydrogen-bond donors (Lipinski definition) is 4. The predicted molar refractivity (Wildman–Crippen MR) is 122 cm³/mol. The summed E-state index contributed by atoms with van der Waals surface area (Å²) in [5.74, 6) is -3.01. The van der Waals surface area contributed by atoms with Gasteiger partial charge in [-0.3, -0.25) is 29.4 Å².